The number of hydrogen-bond donors (Lipinski definition) is 1. The van der Waals surface area contributed by atoms with Crippen molar-refractivity contribution in [2.24, 2.45) is 0 Å². The Morgan fingerprint density at radius 2 is 1.48 bits per heavy atom. The van der Waals surface area contributed by atoms with Crippen molar-refractivity contribution < 1.29 is 36.0 Å². The number of ether oxygens (including phenoxy) is 1. The van der Waals surface area contributed by atoms with Gasteiger partial charge in [-0.2, -0.15) is 5.10 Å². The van der Waals surface area contributed by atoms with Crippen molar-refractivity contribution in [3.05, 3.63) is 147 Å². The van der Waals surface area contributed by atoms with E-state index in [2.05, 4.69) is 23.7 Å². The maximum atomic E-state index is 14.6. The van der Waals surface area contributed by atoms with E-state index in [0.717, 1.165) is 54.0 Å². The van der Waals surface area contributed by atoms with Crippen molar-refractivity contribution >= 4 is 60.0 Å². The van der Waals surface area contributed by atoms with Gasteiger partial charge in [-0.05, 0) is 108 Å². The van der Waals surface area contributed by atoms with Gasteiger partial charge in [0.15, 0.2) is 15.5 Å². The molecule has 0 atom stereocenters. The van der Waals surface area contributed by atoms with Crippen molar-refractivity contribution in [3.63, 3.8) is 0 Å². The molecule has 0 saturated carbocycles. The molecule has 7 rings (SSSR count). The number of nitrogens with zero attached hydrogens (tertiary/aromatic N) is 4. The number of rotatable bonds is 16. The van der Waals surface area contributed by atoms with E-state index in [1.165, 1.54) is 47.1 Å². The topological polar surface area (TPSA) is 165 Å². The highest BCUT2D eigenvalue weighted by atomic mass is 35.5. The van der Waals surface area contributed by atoms with Crippen LogP contribution in [0.15, 0.2) is 113 Å². The standard InChI is InChI=1S/C48H50ClN5O8S2/c1-5-7-24-52(25-8-6-2)48(57)45-44(49)32(3)54(50-45)43-22-17-36(29-42(43)47(56)53-26-23-34-11-9-10-12-37(34)30-53)46(55)51-64(60,61)41-21-16-35-15-18-39(27-38(35)28-41)62-31-33-13-19-40(20-14-33)63(4,58)59/h9-22,27-29H,5-8,23-26,30-31H2,1-4H3,(H,51,55). The molecule has 16 heteroatoms. The number of nitrogens with one attached hydrogen (secondary N) is 1. The van der Waals surface area contributed by atoms with E-state index in [-0.39, 0.29) is 49.8 Å². The van der Waals surface area contributed by atoms with E-state index in [9.17, 15) is 31.2 Å². The fraction of sp³-hybridized carbons (Fsp3) is 0.292. The summed E-state index contributed by atoms with van der Waals surface area (Å²) in [6.07, 6.45) is 5.19. The number of fused-ring (bicyclic) bond motifs is 2. The van der Waals surface area contributed by atoms with Gasteiger partial charge in [0.2, 0.25) is 0 Å². The van der Waals surface area contributed by atoms with Crippen LogP contribution in [0.4, 0.5) is 0 Å². The number of amides is 3. The third-order valence-corrected chi connectivity index (χ3v) is 14.2. The Hall–Kier alpha value is -6.03. The molecule has 0 spiro atoms. The van der Waals surface area contributed by atoms with Gasteiger partial charge in [-0.15, -0.1) is 0 Å². The third-order valence-electron chi connectivity index (χ3n) is 11.3. The van der Waals surface area contributed by atoms with Gasteiger partial charge in [-0.1, -0.05) is 86.8 Å². The Balaban J connectivity index is 1.17. The number of benzene rings is 5. The van der Waals surface area contributed by atoms with Crippen molar-refractivity contribution in [1.82, 2.24) is 24.3 Å². The lowest BCUT2D eigenvalue weighted by Crippen LogP contribution is -2.37. The van der Waals surface area contributed by atoms with Crippen LogP contribution in [-0.2, 0) is 39.4 Å². The zero-order chi connectivity index (χ0) is 45.8. The average molecular weight is 925 g/mol. The maximum absolute atomic E-state index is 14.6. The molecule has 3 amide bonds. The Bertz CT molecular complexity index is 2960. The van der Waals surface area contributed by atoms with Crippen molar-refractivity contribution in [2.75, 3.05) is 25.9 Å². The molecule has 6 aromatic rings. The SMILES string of the molecule is CCCCN(CCCC)C(=O)c1nn(-c2ccc(C(=O)NS(=O)(=O)c3ccc4ccc(OCc5ccc(S(C)(=O)=O)cc5)cc4c3)cc2C(=O)N2CCc3ccccc3C2)c(C)c1Cl. The number of halogens is 1. The van der Waals surface area contributed by atoms with E-state index < -0.39 is 31.7 Å². The predicted octanol–water partition coefficient (Wildman–Crippen LogP) is 8.33. The van der Waals surface area contributed by atoms with Crippen molar-refractivity contribution in [1.29, 1.82) is 0 Å². The van der Waals surface area contributed by atoms with Crippen LogP contribution in [0.2, 0.25) is 5.02 Å². The van der Waals surface area contributed by atoms with Crippen LogP contribution < -0.4 is 9.46 Å². The molecule has 0 bridgehead atoms. The molecule has 0 unspecified atom stereocenters. The van der Waals surface area contributed by atoms with Gasteiger partial charge in [0.1, 0.15) is 12.4 Å². The first kappa shape index (κ1) is 46.0. The minimum absolute atomic E-state index is 0.0554. The minimum atomic E-state index is -4.44. The lowest BCUT2D eigenvalue weighted by Gasteiger charge is -2.29. The summed E-state index contributed by atoms with van der Waals surface area (Å²) in [5, 5.41) is 6.09. The molecule has 1 aromatic heterocycles. The van der Waals surface area contributed by atoms with Gasteiger partial charge in [-0.25, -0.2) is 26.2 Å². The molecule has 2 heterocycles. The molecule has 0 saturated heterocycles. The predicted molar refractivity (Wildman–Crippen MR) is 246 cm³/mol. The van der Waals surface area contributed by atoms with Gasteiger partial charge in [0, 0.05) is 38.0 Å². The highest BCUT2D eigenvalue weighted by molar-refractivity contribution is 7.90. The summed E-state index contributed by atoms with van der Waals surface area (Å²) in [6, 6.07) is 28.1. The summed E-state index contributed by atoms with van der Waals surface area (Å²) in [7, 11) is -7.78. The summed E-state index contributed by atoms with van der Waals surface area (Å²) in [4.78, 5) is 45.9. The number of sulfonamides is 1. The van der Waals surface area contributed by atoms with Crippen molar-refractivity contribution in [2.45, 2.75) is 75.8 Å². The van der Waals surface area contributed by atoms with Crippen LogP contribution in [-0.4, -0.2) is 80.0 Å². The first-order valence-electron chi connectivity index (χ1n) is 21.2. The summed E-state index contributed by atoms with van der Waals surface area (Å²) in [5.74, 6) is -1.24. The Morgan fingerprint density at radius 3 is 2.17 bits per heavy atom. The molecule has 64 heavy (non-hydrogen) atoms. The van der Waals surface area contributed by atoms with E-state index >= 15 is 0 Å². The number of hydrogen-bond acceptors (Lipinski definition) is 9. The van der Waals surface area contributed by atoms with Crippen LogP contribution >= 0.6 is 11.6 Å². The van der Waals surface area contributed by atoms with Crippen LogP contribution in [0.25, 0.3) is 16.5 Å². The monoisotopic (exact) mass is 923 g/mol. The quantitative estimate of drug-likeness (QED) is 0.101. The van der Waals surface area contributed by atoms with E-state index in [1.807, 2.05) is 24.3 Å². The number of sulfone groups is 1. The normalized spacial score (nSPS) is 12.8. The summed E-state index contributed by atoms with van der Waals surface area (Å²) in [6.45, 7) is 7.77. The van der Waals surface area contributed by atoms with Gasteiger partial charge >= 0.3 is 0 Å². The highest BCUT2D eigenvalue weighted by Gasteiger charge is 2.30. The molecular formula is C48H50ClN5O8S2. The number of carbonyl (C=O) groups excluding carboxylic acids is 3. The zero-order valence-electron chi connectivity index (χ0n) is 36.1. The zero-order valence-corrected chi connectivity index (χ0v) is 38.5. The minimum Gasteiger partial charge on any atom is -0.489 e. The summed E-state index contributed by atoms with van der Waals surface area (Å²) >= 11 is 6.84. The number of carbonyl (C=O) groups is 3. The first-order chi connectivity index (χ1) is 30.6. The van der Waals surface area contributed by atoms with Crippen molar-refractivity contribution in [3.8, 4) is 11.4 Å². The lowest BCUT2D eigenvalue weighted by atomic mass is 9.98. The molecule has 0 fully saturated rings. The van der Waals surface area contributed by atoms with Crippen LogP contribution in [0.1, 0.15) is 93.1 Å². The average Bonchev–Trinajstić information content (AvgIpc) is 3.59. The third kappa shape index (κ3) is 10.2. The van der Waals surface area contributed by atoms with Crippen LogP contribution in [0.5, 0.6) is 5.75 Å². The molecule has 13 nitrogen and oxygen atoms in total. The van der Waals surface area contributed by atoms with Crippen LogP contribution in [0, 0.1) is 6.92 Å². The molecule has 1 aliphatic heterocycles. The van der Waals surface area contributed by atoms with E-state index in [1.54, 1.807) is 53.1 Å². The molecule has 0 radical (unpaired) electrons. The second-order valence-electron chi connectivity index (χ2n) is 15.9. The smallest absolute Gasteiger partial charge is 0.275 e. The lowest BCUT2D eigenvalue weighted by molar-refractivity contribution is 0.0732. The molecular weight excluding hydrogens is 874 g/mol. The Kier molecular flexibility index (Phi) is 13.9. The summed E-state index contributed by atoms with van der Waals surface area (Å²) in [5.41, 5.74) is 3.59. The fourth-order valence-electron chi connectivity index (χ4n) is 7.59. The second-order valence-corrected chi connectivity index (χ2v) is 20.0. The fourth-order valence-corrected chi connectivity index (χ4v) is 9.43. The number of unbranched alkanes of at least 4 members (excludes halogenated alkanes) is 2. The molecule has 1 aliphatic rings. The molecule has 1 N–H and O–H groups in total. The van der Waals surface area contributed by atoms with Gasteiger partial charge in [-0.3, -0.25) is 14.4 Å². The second kappa shape index (κ2) is 19.4. The highest BCUT2D eigenvalue weighted by Crippen LogP contribution is 2.30. The maximum Gasteiger partial charge on any atom is 0.275 e. The molecule has 334 valence electrons. The number of aromatic nitrogens is 2. The molecule has 0 aliphatic carbocycles. The Morgan fingerprint density at radius 1 is 0.812 bits per heavy atom. The Labute approximate surface area is 379 Å². The van der Waals surface area contributed by atoms with E-state index in [4.69, 9.17) is 16.3 Å². The van der Waals surface area contributed by atoms with Gasteiger partial charge < -0.3 is 14.5 Å². The van der Waals surface area contributed by atoms with Crippen LogP contribution in [0.3, 0.4) is 0 Å². The van der Waals surface area contributed by atoms with Gasteiger partial charge in [0.05, 0.1) is 31.8 Å². The summed E-state index contributed by atoms with van der Waals surface area (Å²) < 4.78 is 60.8. The largest absolute Gasteiger partial charge is 0.489 e. The van der Waals surface area contributed by atoms with Gasteiger partial charge in [0.25, 0.3) is 27.7 Å². The molecule has 5 aromatic carbocycles. The van der Waals surface area contributed by atoms with E-state index in [0.29, 0.717) is 49.4 Å². The first-order valence-corrected chi connectivity index (χ1v) is 24.9.